The van der Waals surface area contributed by atoms with Crippen LogP contribution < -0.4 is 4.74 Å². The van der Waals surface area contributed by atoms with Crippen LogP contribution in [0.2, 0.25) is 0 Å². The number of carbonyl (C=O) groups is 2. The summed E-state index contributed by atoms with van der Waals surface area (Å²) in [6.45, 7) is 5.00. The molecule has 1 N–H and O–H groups in total. The van der Waals surface area contributed by atoms with Gasteiger partial charge in [-0.15, -0.1) is 0 Å². The molecule has 0 unspecified atom stereocenters. The number of ether oxygens (including phenoxy) is 1. The van der Waals surface area contributed by atoms with E-state index in [0.29, 0.717) is 5.56 Å². The fourth-order valence-corrected chi connectivity index (χ4v) is 2.29. The molecular weight excluding hydrogens is 332 g/mol. The molecule has 2 aromatic carbocycles. The Morgan fingerprint density at radius 2 is 1.42 bits per heavy atom. The van der Waals surface area contributed by atoms with Gasteiger partial charge in [-0.3, -0.25) is 9.35 Å². The minimum absolute atomic E-state index is 0.258. The van der Waals surface area contributed by atoms with Crippen LogP contribution in [0.4, 0.5) is 0 Å². The molecule has 0 aromatic heterocycles. The number of carbonyl (C=O) groups excluding carboxylic acids is 2. The predicted molar refractivity (Wildman–Crippen MR) is 86.6 cm³/mol. The first kappa shape index (κ1) is 17.6. The smallest absolute Gasteiger partial charge is 0.338 e. The van der Waals surface area contributed by atoms with Crippen LogP contribution in [0.5, 0.6) is 5.75 Å². The molecule has 0 aliphatic heterocycles. The molecular formula is C17H14O6S. The van der Waals surface area contributed by atoms with Crippen LogP contribution in [-0.2, 0) is 14.9 Å². The van der Waals surface area contributed by atoms with E-state index >= 15 is 0 Å². The summed E-state index contributed by atoms with van der Waals surface area (Å²) < 4.78 is 35.9. The molecule has 7 heteroatoms. The van der Waals surface area contributed by atoms with E-state index in [1.54, 1.807) is 0 Å². The van der Waals surface area contributed by atoms with E-state index < -0.39 is 16.1 Å². The third-order valence-corrected chi connectivity index (χ3v) is 3.96. The van der Waals surface area contributed by atoms with Crippen LogP contribution >= 0.6 is 0 Å². The molecule has 2 aromatic rings. The molecule has 0 bridgehead atoms. The monoisotopic (exact) mass is 346 g/mol. The van der Waals surface area contributed by atoms with Crippen LogP contribution in [0, 0.1) is 0 Å². The SMILES string of the molecule is C=C(C)C(=O)Oc1ccc(C(=O)c2ccc(S(=O)(=O)O)cc2)cc1. The van der Waals surface area contributed by atoms with Crippen LogP contribution in [0.25, 0.3) is 0 Å². The molecule has 0 amide bonds. The van der Waals surface area contributed by atoms with Gasteiger partial charge in [0, 0.05) is 16.7 Å². The summed E-state index contributed by atoms with van der Waals surface area (Å²) in [7, 11) is -4.30. The zero-order valence-corrected chi connectivity index (χ0v) is 13.5. The van der Waals surface area contributed by atoms with Gasteiger partial charge in [-0.25, -0.2) is 4.79 Å². The molecule has 0 aliphatic rings. The first-order valence-electron chi connectivity index (χ1n) is 6.78. The van der Waals surface area contributed by atoms with Crippen molar-refractivity contribution < 1.29 is 27.3 Å². The zero-order chi connectivity index (χ0) is 17.9. The first-order valence-corrected chi connectivity index (χ1v) is 8.22. The van der Waals surface area contributed by atoms with E-state index in [2.05, 4.69) is 6.58 Å². The van der Waals surface area contributed by atoms with Crippen molar-refractivity contribution in [3.05, 3.63) is 71.8 Å². The molecule has 24 heavy (non-hydrogen) atoms. The number of hydrogen-bond donors (Lipinski definition) is 1. The first-order chi connectivity index (χ1) is 11.2. The molecule has 0 spiro atoms. The number of esters is 1. The average molecular weight is 346 g/mol. The predicted octanol–water partition coefficient (Wildman–Crippen LogP) is 2.65. The minimum Gasteiger partial charge on any atom is -0.423 e. The van der Waals surface area contributed by atoms with Crippen LogP contribution in [0.15, 0.2) is 65.6 Å². The summed E-state index contributed by atoms with van der Waals surface area (Å²) in [5.74, 6) is -0.620. The fraction of sp³-hybridized carbons (Fsp3) is 0.0588. The lowest BCUT2D eigenvalue weighted by Gasteiger charge is -2.06. The Hall–Kier alpha value is -2.77. The second kappa shape index (κ2) is 6.77. The lowest BCUT2D eigenvalue weighted by molar-refractivity contribution is -0.130. The second-order valence-electron chi connectivity index (χ2n) is 5.02. The van der Waals surface area contributed by atoms with Crippen molar-refractivity contribution in [2.75, 3.05) is 0 Å². The van der Waals surface area contributed by atoms with Gasteiger partial charge in [0.25, 0.3) is 10.1 Å². The van der Waals surface area contributed by atoms with Crippen molar-refractivity contribution in [1.29, 1.82) is 0 Å². The Balaban J connectivity index is 2.18. The van der Waals surface area contributed by atoms with Crippen molar-refractivity contribution in [2.24, 2.45) is 0 Å². The molecule has 0 saturated carbocycles. The number of rotatable bonds is 5. The molecule has 0 radical (unpaired) electrons. The summed E-state index contributed by atoms with van der Waals surface area (Å²) in [6, 6.07) is 10.8. The maximum Gasteiger partial charge on any atom is 0.338 e. The highest BCUT2D eigenvalue weighted by Crippen LogP contribution is 2.18. The Morgan fingerprint density at radius 1 is 0.958 bits per heavy atom. The summed E-state index contributed by atoms with van der Waals surface area (Å²) in [5, 5.41) is 0. The topological polar surface area (TPSA) is 97.7 Å². The van der Waals surface area contributed by atoms with Gasteiger partial charge in [0.2, 0.25) is 0 Å². The Bertz CT molecular complexity index is 893. The highest BCUT2D eigenvalue weighted by atomic mass is 32.2. The van der Waals surface area contributed by atoms with Gasteiger partial charge < -0.3 is 4.74 Å². The second-order valence-corrected chi connectivity index (χ2v) is 6.44. The molecule has 124 valence electrons. The van der Waals surface area contributed by atoms with Gasteiger partial charge in [0.1, 0.15) is 5.75 Å². The molecule has 0 atom stereocenters. The number of ketones is 1. The van der Waals surface area contributed by atoms with Crippen LogP contribution in [0.1, 0.15) is 22.8 Å². The summed E-state index contributed by atoms with van der Waals surface area (Å²) in [6.07, 6.45) is 0. The van der Waals surface area contributed by atoms with E-state index in [0.717, 1.165) is 12.1 Å². The van der Waals surface area contributed by atoms with E-state index in [4.69, 9.17) is 9.29 Å². The molecule has 0 saturated heterocycles. The summed E-state index contributed by atoms with van der Waals surface area (Å²) in [5.41, 5.74) is 0.855. The zero-order valence-electron chi connectivity index (χ0n) is 12.7. The van der Waals surface area contributed by atoms with Gasteiger partial charge >= 0.3 is 5.97 Å². The van der Waals surface area contributed by atoms with Crippen molar-refractivity contribution in [1.82, 2.24) is 0 Å². The lowest BCUT2D eigenvalue weighted by Crippen LogP contribution is -2.08. The summed E-state index contributed by atoms with van der Waals surface area (Å²) >= 11 is 0. The van der Waals surface area contributed by atoms with Crippen LogP contribution in [-0.4, -0.2) is 24.7 Å². The maximum atomic E-state index is 12.3. The van der Waals surface area contributed by atoms with Gasteiger partial charge in [-0.05, 0) is 55.5 Å². The van der Waals surface area contributed by atoms with Crippen molar-refractivity contribution in [3.63, 3.8) is 0 Å². The van der Waals surface area contributed by atoms with E-state index in [-0.39, 0.29) is 27.6 Å². The minimum atomic E-state index is -4.30. The van der Waals surface area contributed by atoms with Crippen molar-refractivity contribution in [2.45, 2.75) is 11.8 Å². The van der Waals surface area contributed by atoms with E-state index in [1.807, 2.05) is 0 Å². The normalized spacial score (nSPS) is 10.9. The summed E-state index contributed by atoms with van der Waals surface area (Å²) in [4.78, 5) is 23.4. The Labute approximate surface area is 139 Å². The van der Waals surface area contributed by atoms with Crippen molar-refractivity contribution in [3.8, 4) is 5.75 Å². The lowest BCUT2D eigenvalue weighted by atomic mass is 10.0. The maximum absolute atomic E-state index is 12.3. The molecule has 2 rings (SSSR count). The average Bonchev–Trinajstić information content (AvgIpc) is 2.54. The van der Waals surface area contributed by atoms with Gasteiger partial charge in [0.15, 0.2) is 5.78 Å². The quantitative estimate of drug-likeness (QED) is 0.294. The third-order valence-electron chi connectivity index (χ3n) is 3.09. The molecule has 0 heterocycles. The van der Waals surface area contributed by atoms with Crippen molar-refractivity contribution >= 4 is 21.9 Å². The van der Waals surface area contributed by atoms with Gasteiger partial charge in [0.05, 0.1) is 4.90 Å². The van der Waals surface area contributed by atoms with E-state index in [1.165, 1.54) is 43.3 Å². The molecule has 6 nitrogen and oxygen atoms in total. The number of hydrogen-bond acceptors (Lipinski definition) is 5. The van der Waals surface area contributed by atoms with Gasteiger partial charge in [-0.1, -0.05) is 6.58 Å². The Morgan fingerprint density at radius 3 is 1.83 bits per heavy atom. The Kier molecular flexibility index (Phi) is 4.96. The largest absolute Gasteiger partial charge is 0.423 e. The fourth-order valence-electron chi connectivity index (χ4n) is 1.81. The standard InChI is InChI=1S/C17H14O6S/c1-11(2)17(19)23-14-7-3-12(4-8-14)16(18)13-5-9-15(10-6-13)24(20,21)22/h3-10H,1H2,2H3,(H,20,21,22). The number of benzene rings is 2. The molecule has 0 aliphatic carbocycles. The van der Waals surface area contributed by atoms with Gasteiger partial charge in [-0.2, -0.15) is 8.42 Å². The van der Waals surface area contributed by atoms with Crippen LogP contribution in [0.3, 0.4) is 0 Å². The van der Waals surface area contributed by atoms with E-state index in [9.17, 15) is 18.0 Å². The highest BCUT2D eigenvalue weighted by Gasteiger charge is 2.13. The molecule has 0 fully saturated rings. The third kappa shape index (κ3) is 4.15. The highest BCUT2D eigenvalue weighted by molar-refractivity contribution is 7.85.